The van der Waals surface area contributed by atoms with Crippen LogP contribution in [0.2, 0.25) is 0 Å². The quantitative estimate of drug-likeness (QED) is 0.576. The van der Waals surface area contributed by atoms with Gasteiger partial charge in [-0.05, 0) is 30.0 Å². The number of benzene rings is 1. The standard InChI is InChI=1S/C12H13P.2C2H6/c1-9-3-6-11(7-4-9)12-8-5-10(2)13-12;2*1-2/h3-8,13H,1-2H3;2*1-2H3. The van der Waals surface area contributed by atoms with Crippen molar-refractivity contribution in [3.8, 4) is 10.9 Å². The maximum absolute atomic E-state index is 2.23. The number of aryl methyl sites for hydroxylation is 2. The summed E-state index contributed by atoms with van der Waals surface area (Å²) < 4.78 is 0. The Morgan fingerprint density at radius 2 is 1.24 bits per heavy atom. The second-order valence-electron chi connectivity index (χ2n) is 3.42. The number of rotatable bonds is 1. The van der Waals surface area contributed by atoms with E-state index in [2.05, 4.69) is 50.2 Å². The van der Waals surface area contributed by atoms with Gasteiger partial charge in [0.2, 0.25) is 0 Å². The van der Waals surface area contributed by atoms with Crippen LogP contribution in [0.4, 0.5) is 0 Å². The molecule has 0 fully saturated rings. The van der Waals surface area contributed by atoms with Crippen molar-refractivity contribution in [2.24, 2.45) is 0 Å². The van der Waals surface area contributed by atoms with E-state index in [4.69, 9.17) is 0 Å². The molecular formula is C16H25P. The fourth-order valence-corrected chi connectivity index (χ4v) is 2.47. The molecule has 1 aromatic heterocycles. The Labute approximate surface area is 108 Å². The van der Waals surface area contributed by atoms with Gasteiger partial charge in [0.05, 0.1) is 0 Å². The van der Waals surface area contributed by atoms with Crippen molar-refractivity contribution in [3.05, 3.63) is 47.3 Å². The highest BCUT2D eigenvalue weighted by molar-refractivity contribution is 7.35. The summed E-state index contributed by atoms with van der Waals surface area (Å²) in [4.78, 5) is 0. The van der Waals surface area contributed by atoms with Gasteiger partial charge < -0.3 is 0 Å². The SMILES string of the molecule is CC.CC.Cc1ccc(-c2ccc(C)[pH]2)cc1. The molecule has 2 rings (SSSR count). The van der Waals surface area contributed by atoms with E-state index >= 15 is 0 Å². The average molecular weight is 248 g/mol. The Hall–Kier alpha value is -1.00. The number of hydrogen-bond acceptors (Lipinski definition) is 0. The maximum Gasteiger partial charge on any atom is -0.00157 e. The third-order valence-electron chi connectivity index (χ3n) is 2.19. The fourth-order valence-electron chi connectivity index (χ4n) is 1.41. The summed E-state index contributed by atoms with van der Waals surface area (Å²) in [7, 11) is 0.870. The average Bonchev–Trinajstić information content (AvgIpc) is 2.82. The van der Waals surface area contributed by atoms with Crippen molar-refractivity contribution in [1.29, 1.82) is 0 Å². The molecule has 0 aliphatic rings. The maximum atomic E-state index is 2.23. The zero-order chi connectivity index (χ0) is 13.3. The Morgan fingerprint density at radius 1 is 0.706 bits per heavy atom. The molecule has 0 amide bonds. The van der Waals surface area contributed by atoms with Crippen LogP contribution in [0.1, 0.15) is 38.6 Å². The third kappa shape index (κ3) is 5.24. The first kappa shape index (κ1) is 16.0. The normalized spacial score (nSPS) is 9.06. The van der Waals surface area contributed by atoms with Crippen molar-refractivity contribution in [2.45, 2.75) is 41.5 Å². The molecule has 2 aromatic rings. The molecule has 1 atom stereocenters. The lowest BCUT2D eigenvalue weighted by Gasteiger charge is -1.97. The molecule has 0 bridgehead atoms. The van der Waals surface area contributed by atoms with Crippen molar-refractivity contribution in [3.63, 3.8) is 0 Å². The monoisotopic (exact) mass is 248 g/mol. The summed E-state index contributed by atoms with van der Waals surface area (Å²) in [5, 5.41) is 2.95. The third-order valence-corrected chi connectivity index (χ3v) is 3.48. The van der Waals surface area contributed by atoms with Crippen LogP contribution in [0.15, 0.2) is 36.4 Å². The first-order chi connectivity index (χ1) is 8.25. The summed E-state index contributed by atoms with van der Waals surface area (Å²) in [6, 6.07) is 13.2. The van der Waals surface area contributed by atoms with E-state index in [1.54, 1.807) is 0 Å². The van der Waals surface area contributed by atoms with Gasteiger partial charge in [-0.15, -0.1) is 8.19 Å². The van der Waals surface area contributed by atoms with Gasteiger partial charge >= 0.3 is 0 Å². The summed E-state index contributed by atoms with van der Waals surface area (Å²) in [6.45, 7) is 12.3. The highest BCUT2D eigenvalue weighted by Gasteiger charge is 1.97. The second-order valence-corrected chi connectivity index (χ2v) is 5.00. The highest BCUT2D eigenvalue weighted by atomic mass is 31.0. The molecule has 0 aliphatic heterocycles. The van der Waals surface area contributed by atoms with Gasteiger partial charge in [-0.3, -0.25) is 0 Å². The smallest absolute Gasteiger partial charge is 0.00157 e. The lowest BCUT2D eigenvalue weighted by molar-refractivity contribution is 1.48. The van der Waals surface area contributed by atoms with Crippen LogP contribution in [0, 0.1) is 13.8 Å². The summed E-state index contributed by atoms with van der Waals surface area (Å²) in [6.07, 6.45) is 0. The van der Waals surface area contributed by atoms with Crippen LogP contribution in [-0.4, -0.2) is 0 Å². The molecule has 0 spiro atoms. The lowest BCUT2D eigenvalue weighted by atomic mass is 10.1. The van der Waals surface area contributed by atoms with Crippen molar-refractivity contribution >= 4 is 8.19 Å². The Morgan fingerprint density at radius 3 is 1.65 bits per heavy atom. The van der Waals surface area contributed by atoms with E-state index in [1.807, 2.05) is 27.7 Å². The van der Waals surface area contributed by atoms with Crippen molar-refractivity contribution < 1.29 is 0 Å². The topological polar surface area (TPSA) is 0 Å². The molecule has 94 valence electrons. The van der Waals surface area contributed by atoms with E-state index in [0.717, 1.165) is 8.19 Å². The van der Waals surface area contributed by atoms with Gasteiger partial charge in [0.15, 0.2) is 0 Å². The van der Waals surface area contributed by atoms with Gasteiger partial charge in [0.25, 0.3) is 0 Å². The van der Waals surface area contributed by atoms with Gasteiger partial charge in [0, 0.05) is 0 Å². The van der Waals surface area contributed by atoms with Crippen LogP contribution in [0.3, 0.4) is 0 Å². The summed E-state index contributed by atoms with van der Waals surface area (Å²) >= 11 is 0. The molecular weight excluding hydrogens is 223 g/mol. The summed E-state index contributed by atoms with van der Waals surface area (Å²) in [5.74, 6) is 0. The highest BCUT2D eigenvalue weighted by Crippen LogP contribution is 2.31. The Kier molecular flexibility index (Phi) is 8.54. The minimum Gasteiger partial charge on any atom is -0.129 e. The molecule has 1 aromatic carbocycles. The van der Waals surface area contributed by atoms with E-state index in [-0.39, 0.29) is 0 Å². The van der Waals surface area contributed by atoms with Gasteiger partial charge in [-0.2, -0.15) is 0 Å². The first-order valence-corrected chi connectivity index (χ1v) is 7.48. The van der Waals surface area contributed by atoms with Gasteiger partial charge in [-0.1, -0.05) is 69.7 Å². The lowest BCUT2D eigenvalue weighted by Crippen LogP contribution is -1.72. The van der Waals surface area contributed by atoms with Crippen LogP contribution >= 0.6 is 8.19 Å². The Bertz CT molecular complexity index is 396. The van der Waals surface area contributed by atoms with Crippen LogP contribution in [0.25, 0.3) is 10.9 Å². The van der Waals surface area contributed by atoms with E-state index < -0.39 is 0 Å². The molecule has 1 heterocycles. The predicted octanol–water partition coefficient (Wildman–Crippen LogP) is 6.05. The molecule has 17 heavy (non-hydrogen) atoms. The van der Waals surface area contributed by atoms with E-state index in [9.17, 15) is 0 Å². The second kappa shape index (κ2) is 9.07. The Balaban J connectivity index is 0.000000581. The molecule has 0 saturated heterocycles. The molecule has 0 N–H and O–H groups in total. The van der Waals surface area contributed by atoms with Crippen molar-refractivity contribution in [2.75, 3.05) is 0 Å². The summed E-state index contributed by atoms with van der Waals surface area (Å²) in [5.41, 5.74) is 2.70. The molecule has 0 saturated carbocycles. The first-order valence-electron chi connectivity index (χ1n) is 6.48. The molecule has 1 heteroatoms. The fraction of sp³-hybridized carbons (Fsp3) is 0.375. The van der Waals surface area contributed by atoms with Gasteiger partial charge in [0.1, 0.15) is 0 Å². The zero-order valence-electron chi connectivity index (χ0n) is 12.0. The van der Waals surface area contributed by atoms with E-state index in [0.29, 0.717) is 0 Å². The molecule has 0 aliphatic carbocycles. The zero-order valence-corrected chi connectivity index (χ0v) is 13.0. The van der Waals surface area contributed by atoms with Gasteiger partial charge in [-0.25, -0.2) is 0 Å². The minimum atomic E-state index is 0.870. The molecule has 1 unspecified atom stereocenters. The van der Waals surface area contributed by atoms with Crippen LogP contribution < -0.4 is 0 Å². The van der Waals surface area contributed by atoms with Crippen LogP contribution in [-0.2, 0) is 0 Å². The van der Waals surface area contributed by atoms with Crippen LogP contribution in [0.5, 0.6) is 0 Å². The van der Waals surface area contributed by atoms with Crippen molar-refractivity contribution in [1.82, 2.24) is 0 Å². The predicted molar refractivity (Wildman–Crippen MR) is 83.5 cm³/mol. The molecule has 0 radical (unpaired) electrons. The largest absolute Gasteiger partial charge is 0.129 e. The minimum absolute atomic E-state index is 0.870. The molecule has 0 nitrogen and oxygen atoms in total. The number of hydrogen-bond donors (Lipinski definition) is 0. The van der Waals surface area contributed by atoms with E-state index in [1.165, 1.54) is 21.7 Å².